The topological polar surface area (TPSA) is 263 Å². The van der Waals surface area contributed by atoms with Crippen molar-refractivity contribution in [1.82, 2.24) is 40.6 Å². The van der Waals surface area contributed by atoms with E-state index in [1.54, 1.807) is 53.2 Å². The second-order valence-electron chi connectivity index (χ2n) is 15.2. The smallest absolute Gasteiger partial charge is 0.246 e. The van der Waals surface area contributed by atoms with Gasteiger partial charge in [0.1, 0.15) is 11.5 Å². The number of rotatable bonds is 28. The van der Waals surface area contributed by atoms with Gasteiger partial charge in [-0.2, -0.15) is 0 Å². The lowest BCUT2D eigenvalue weighted by Crippen LogP contribution is -2.31. The van der Waals surface area contributed by atoms with Crippen LogP contribution in [0.3, 0.4) is 0 Å². The number of nitrogens with zero attached hydrogens (tertiary/aromatic N) is 6. The standard InChI is InChI=1S/C45H61N9O10/c1-33(55)51(62)30-12-3-10-28-47-40(58)23-26-43(61)53(64)32-14-4-11-29-48-41(59)24-25-42(60)52(63)31-13-2-9-27-46-34-19-21-35(22-20-34)54-45(37-16-6-8-18-39(37)57)49-44(50-54)36-15-5-7-17-38(36)56/h5-8,15-22,46,56-57,62-64H,2-4,9-14,23-32H2,1H3,(H,47,58)(H,48,59). The first-order valence-corrected chi connectivity index (χ1v) is 21.7. The molecular formula is C45H61N9O10. The molecule has 0 aliphatic rings. The summed E-state index contributed by atoms with van der Waals surface area (Å²) in [6.45, 7) is 3.13. The molecule has 0 aliphatic heterocycles. The molecule has 0 unspecified atom stereocenters. The van der Waals surface area contributed by atoms with Gasteiger partial charge in [-0.25, -0.2) is 24.9 Å². The first-order chi connectivity index (χ1) is 30.8. The van der Waals surface area contributed by atoms with Crippen LogP contribution in [0.5, 0.6) is 11.5 Å². The number of unbranched alkanes of at least 4 members (excludes halogenated alkanes) is 6. The second kappa shape index (κ2) is 26.8. The first-order valence-electron chi connectivity index (χ1n) is 21.7. The molecule has 4 aromatic rings. The van der Waals surface area contributed by atoms with E-state index in [2.05, 4.69) is 26.0 Å². The number of aromatic nitrogens is 3. The number of carbonyl (C=O) groups is 5. The predicted octanol–water partition coefficient (Wildman–Crippen LogP) is 5.40. The van der Waals surface area contributed by atoms with E-state index in [0.717, 1.165) is 18.5 Å². The Balaban J connectivity index is 1.02. The molecule has 0 saturated heterocycles. The van der Waals surface area contributed by atoms with Crippen molar-refractivity contribution in [1.29, 1.82) is 0 Å². The van der Waals surface area contributed by atoms with Crippen LogP contribution in [-0.2, 0) is 24.0 Å². The summed E-state index contributed by atoms with van der Waals surface area (Å²) in [7, 11) is 0. The number of amides is 5. The highest BCUT2D eigenvalue weighted by Crippen LogP contribution is 2.33. The molecule has 0 spiro atoms. The quantitative estimate of drug-likeness (QED) is 0.0202. The zero-order valence-corrected chi connectivity index (χ0v) is 36.3. The lowest BCUT2D eigenvalue weighted by atomic mass is 10.1. The van der Waals surface area contributed by atoms with Crippen LogP contribution < -0.4 is 16.0 Å². The van der Waals surface area contributed by atoms with E-state index in [-0.39, 0.29) is 68.6 Å². The number of hydroxylamine groups is 6. The van der Waals surface area contributed by atoms with E-state index in [4.69, 9.17) is 0 Å². The Bertz CT molecular complexity index is 2110. The molecule has 64 heavy (non-hydrogen) atoms. The van der Waals surface area contributed by atoms with E-state index in [1.165, 1.54) is 6.92 Å². The minimum Gasteiger partial charge on any atom is -0.507 e. The van der Waals surface area contributed by atoms with E-state index in [1.807, 2.05) is 24.3 Å². The van der Waals surface area contributed by atoms with Crippen molar-refractivity contribution in [3.05, 3.63) is 72.8 Å². The minimum atomic E-state index is -0.566. The molecule has 19 heteroatoms. The third-order valence-corrected chi connectivity index (χ3v) is 10.2. The number of benzene rings is 3. The first kappa shape index (κ1) is 50.1. The number of carbonyl (C=O) groups excluding carboxylic acids is 5. The van der Waals surface area contributed by atoms with E-state index in [0.29, 0.717) is 108 Å². The molecule has 346 valence electrons. The molecule has 1 aromatic heterocycles. The molecule has 4 rings (SSSR count). The maximum Gasteiger partial charge on any atom is 0.246 e. The second-order valence-corrected chi connectivity index (χ2v) is 15.2. The number of para-hydroxylation sites is 2. The van der Waals surface area contributed by atoms with Gasteiger partial charge in [0.2, 0.25) is 29.5 Å². The van der Waals surface area contributed by atoms with Crippen LogP contribution in [0, 0.1) is 0 Å². The maximum atomic E-state index is 12.4. The van der Waals surface area contributed by atoms with Gasteiger partial charge in [-0.05, 0) is 106 Å². The van der Waals surface area contributed by atoms with Crippen molar-refractivity contribution in [2.45, 2.75) is 90.4 Å². The van der Waals surface area contributed by atoms with Gasteiger partial charge in [-0.15, -0.1) is 5.10 Å². The molecule has 3 aromatic carbocycles. The molecule has 0 bridgehead atoms. The van der Waals surface area contributed by atoms with Crippen molar-refractivity contribution >= 4 is 35.2 Å². The number of hydrogen-bond donors (Lipinski definition) is 8. The van der Waals surface area contributed by atoms with Crippen LogP contribution in [0.4, 0.5) is 5.69 Å². The molecule has 5 amide bonds. The van der Waals surface area contributed by atoms with Crippen molar-refractivity contribution < 1.29 is 49.8 Å². The Kier molecular flexibility index (Phi) is 21.0. The third kappa shape index (κ3) is 16.9. The molecule has 0 fully saturated rings. The number of phenols is 2. The molecule has 0 radical (unpaired) electrons. The number of hydrogen-bond acceptors (Lipinski definition) is 13. The minimum absolute atomic E-state index is 0.0406. The average Bonchev–Trinajstić information content (AvgIpc) is 3.73. The third-order valence-electron chi connectivity index (χ3n) is 10.2. The van der Waals surface area contributed by atoms with Gasteiger partial charge >= 0.3 is 0 Å². The highest BCUT2D eigenvalue weighted by Gasteiger charge is 2.20. The van der Waals surface area contributed by atoms with Crippen LogP contribution in [0.2, 0.25) is 0 Å². The highest BCUT2D eigenvalue weighted by molar-refractivity contribution is 5.84. The zero-order chi connectivity index (χ0) is 46.3. The summed E-state index contributed by atoms with van der Waals surface area (Å²) < 4.78 is 1.62. The molecular weight excluding hydrogens is 827 g/mol. The van der Waals surface area contributed by atoms with Gasteiger partial charge in [0.05, 0.1) is 16.8 Å². The fourth-order valence-electron chi connectivity index (χ4n) is 6.49. The lowest BCUT2D eigenvalue weighted by molar-refractivity contribution is -0.166. The average molecular weight is 888 g/mol. The van der Waals surface area contributed by atoms with Crippen LogP contribution in [0.1, 0.15) is 90.4 Å². The summed E-state index contributed by atoms with van der Waals surface area (Å²) >= 11 is 0. The number of nitrogens with one attached hydrogen (secondary N) is 3. The van der Waals surface area contributed by atoms with Gasteiger partial charge in [0.25, 0.3) is 0 Å². The van der Waals surface area contributed by atoms with Gasteiger partial charge in [0.15, 0.2) is 11.6 Å². The van der Waals surface area contributed by atoms with Crippen molar-refractivity contribution in [2.75, 3.05) is 44.6 Å². The monoisotopic (exact) mass is 887 g/mol. The van der Waals surface area contributed by atoms with E-state index >= 15 is 0 Å². The lowest BCUT2D eigenvalue weighted by Gasteiger charge is -2.15. The van der Waals surface area contributed by atoms with Gasteiger partial charge in [-0.1, -0.05) is 24.3 Å². The fraction of sp³-hybridized carbons (Fsp3) is 0.444. The van der Waals surface area contributed by atoms with E-state index < -0.39 is 17.7 Å². The summed E-state index contributed by atoms with van der Waals surface area (Å²) in [6, 6.07) is 21.2. The summed E-state index contributed by atoms with van der Waals surface area (Å²) in [6.07, 6.45) is 5.34. The van der Waals surface area contributed by atoms with Gasteiger partial charge in [0, 0.05) is 77.6 Å². The summed E-state index contributed by atoms with van der Waals surface area (Å²) in [5.41, 5.74) is 2.52. The molecule has 19 nitrogen and oxygen atoms in total. The normalized spacial score (nSPS) is 10.9. The Morgan fingerprint density at radius 1 is 0.562 bits per heavy atom. The number of anilines is 1. The number of phenolic OH excluding ortho intramolecular Hbond substituents is 2. The summed E-state index contributed by atoms with van der Waals surface area (Å²) in [5.74, 6) is -1.36. The maximum absolute atomic E-state index is 12.4. The largest absolute Gasteiger partial charge is 0.507 e. The van der Waals surface area contributed by atoms with Gasteiger partial charge < -0.3 is 26.2 Å². The van der Waals surface area contributed by atoms with Crippen molar-refractivity contribution in [3.8, 4) is 40.0 Å². The summed E-state index contributed by atoms with van der Waals surface area (Å²) in [4.78, 5) is 64.4. The Labute approximate surface area is 372 Å². The zero-order valence-electron chi connectivity index (χ0n) is 36.3. The van der Waals surface area contributed by atoms with Gasteiger partial charge in [-0.3, -0.25) is 39.6 Å². The number of aromatic hydroxyl groups is 2. The molecule has 1 heterocycles. The molecule has 0 saturated carbocycles. The van der Waals surface area contributed by atoms with Crippen LogP contribution in [-0.4, -0.2) is 125 Å². The molecule has 0 atom stereocenters. The van der Waals surface area contributed by atoms with Crippen LogP contribution in [0.15, 0.2) is 72.8 Å². The fourth-order valence-corrected chi connectivity index (χ4v) is 6.49. The summed E-state index contributed by atoms with van der Waals surface area (Å²) in [5, 5.41) is 65.9. The highest BCUT2D eigenvalue weighted by atomic mass is 16.5. The SMILES string of the molecule is CC(=O)N(O)CCCCCNC(=O)CCC(=O)N(O)CCCCCNC(=O)CCC(=O)N(O)CCCCCNc1ccc(-n2nc(-c3ccccc3O)nc2-c2ccccc2O)cc1. The molecule has 0 aliphatic carbocycles. The van der Waals surface area contributed by atoms with E-state index in [9.17, 15) is 49.8 Å². The van der Waals surface area contributed by atoms with Crippen LogP contribution >= 0.6 is 0 Å². The Morgan fingerprint density at radius 2 is 1.03 bits per heavy atom. The Morgan fingerprint density at radius 3 is 1.53 bits per heavy atom. The van der Waals surface area contributed by atoms with Crippen molar-refractivity contribution in [2.24, 2.45) is 0 Å². The van der Waals surface area contributed by atoms with Crippen LogP contribution in [0.25, 0.3) is 28.5 Å². The van der Waals surface area contributed by atoms with Crippen molar-refractivity contribution in [3.63, 3.8) is 0 Å². The Hall–Kier alpha value is -6.57. The molecule has 8 N–H and O–H groups in total. The predicted molar refractivity (Wildman–Crippen MR) is 236 cm³/mol.